The van der Waals surface area contributed by atoms with Gasteiger partial charge in [0.25, 0.3) is 11.8 Å². The molecule has 0 aliphatic carbocycles. The van der Waals surface area contributed by atoms with Crippen LogP contribution < -0.4 is 0 Å². The third-order valence-corrected chi connectivity index (χ3v) is 8.25. The molecule has 6 amide bonds. The van der Waals surface area contributed by atoms with Crippen molar-refractivity contribution in [1.82, 2.24) is 19.6 Å². The highest BCUT2D eigenvalue weighted by Gasteiger charge is 2.54. The first-order valence-corrected chi connectivity index (χ1v) is 13.4. The van der Waals surface area contributed by atoms with E-state index in [2.05, 4.69) is 0 Å². The van der Waals surface area contributed by atoms with Crippen molar-refractivity contribution < 1.29 is 29.4 Å². The minimum Gasteiger partial charge on any atom is -0.391 e. The number of urea groups is 2. The van der Waals surface area contributed by atoms with Crippen LogP contribution in [0.25, 0.3) is 0 Å². The van der Waals surface area contributed by atoms with Crippen molar-refractivity contribution in [3.63, 3.8) is 0 Å². The van der Waals surface area contributed by atoms with Gasteiger partial charge in [-0.15, -0.1) is 0 Å². The van der Waals surface area contributed by atoms with E-state index in [1.807, 2.05) is 51.1 Å². The van der Waals surface area contributed by atoms with Gasteiger partial charge in [0.1, 0.15) is 11.6 Å². The second-order valence-corrected chi connectivity index (χ2v) is 11.5. The molecule has 2 aliphatic heterocycles. The lowest BCUT2D eigenvalue weighted by atomic mass is 9.90. The van der Waals surface area contributed by atoms with Gasteiger partial charge in [0.15, 0.2) is 0 Å². The van der Waals surface area contributed by atoms with Gasteiger partial charge in [-0.3, -0.25) is 19.4 Å². The highest BCUT2D eigenvalue weighted by Crippen LogP contribution is 2.40. The maximum Gasteiger partial charge on any atom is 0.328 e. The molecule has 210 valence electrons. The van der Waals surface area contributed by atoms with E-state index >= 15 is 0 Å². The summed E-state index contributed by atoms with van der Waals surface area (Å²) in [6.07, 6.45) is -0.881. The van der Waals surface area contributed by atoms with Crippen LogP contribution in [-0.4, -0.2) is 96.6 Å². The van der Waals surface area contributed by atoms with Gasteiger partial charge in [-0.25, -0.2) is 9.59 Å². The highest BCUT2D eigenvalue weighted by atomic mass is 16.3. The third-order valence-electron chi connectivity index (χ3n) is 8.25. The van der Waals surface area contributed by atoms with Gasteiger partial charge in [-0.1, -0.05) is 58.0 Å². The molecule has 0 radical (unpaired) electrons. The molecule has 2 fully saturated rings. The van der Waals surface area contributed by atoms with Gasteiger partial charge >= 0.3 is 12.1 Å². The summed E-state index contributed by atoms with van der Waals surface area (Å²) >= 11 is 0. The number of β-amino-alcohol motifs (C(OH)–C–C–N with tert-alkyl or cyclic N) is 2. The molecule has 3 atom stereocenters. The topological polar surface area (TPSA) is 122 Å². The van der Waals surface area contributed by atoms with Crippen molar-refractivity contribution in [2.45, 2.75) is 90.6 Å². The Hall–Kier alpha value is -2.98. The van der Waals surface area contributed by atoms with Gasteiger partial charge in [0.05, 0.1) is 31.8 Å². The molecule has 2 aliphatic rings. The van der Waals surface area contributed by atoms with Gasteiger partial charge in [0.2, 0.25) is 0 Å². The summed E-state index contributed by atoms with van der Waals surface area (Å²) in [5.74, 6) is -1.05. The molecule has 10 nitrogen and oxygen atoms in total. The largest absolute Gasteiger partial charge is 0.391 e. The smallest absolute Gasteiger partial charge is 0.328 e. The monoisotopic (exact) mass is 530 g/mol. The maximum absolute atomic E-state index is 13.7. The number of hydrogen-bond donors (Lipinski definition) is 2. The summed E-state index contributed by atoms with van der Waals surface area (Å²) in [4.78, 5) is 58.4. The average Bonchev–Trinajstić information content (AvgIpc) is 3.22. The lowest BCUT2D eigenvalue weighted by molar-refractivity contribution is -0.133. The van der Waals surface area contributed by atoms with Crippen LogP contribution in [-0.2, 0) is 9.59 Å². The number of carbonyl (C=O) groups is 4. The average molecular weight is 531 g/mol. The van der Waals surface area contributed by atoms with Crippen LogP contribution in [0.3, 0.4) is 0 Å². The quantitative estimate of drug-likeness (QED) is 0.424. The van der Waals surface area contributed by atoms with Crippen molar-refractivity contribution in [3.05, 3.63) is 35.9 Å². The Morgan fingerprint density at radius 2 is 1.47 bits per heavy atom. The van der Waals surface area contributed by atoms with E-state index in [1.165, 1.54) is 4.90 Å². The number of hydrogen-bond acceptors (Lipinski definition) is 6. The fourth-order valence-corrected chi connectivity index (χ4v) is 5.08. The van der Waals surface area contributed by atoms with Gasteiger partial charge in [-0.2, -0.15) is 0 Å². The van der Waals surface area contributed by atoms with Crippen molar-refractivity contribution in [1.29, 1.82) is 0 Å². The fraction of sp³-hybridized carbons (Fsp3) is 0.643. The zero-order chi connectivity index (χ0) is 28.6. The molecule has 0 bridgehead atoms. The van der Waals surface area contributed by atoms with Gasteiger partial charge in [0, 0.05) is 5.54 Å². The predicted octanol–water partition coefficient (Wildman–Crippen LogP) is 2.99. The van der Waals surface area contributed by atoms with Crippen LogP contribution in [0.15, 0.2) is 30.3 Å². The van der Waals surface area contributed by atoms with E-state index in [0.29, 0.717) is 18.4 Å². The summed E-state index contributed by atoms with van der Waals surface area (Å²) in [5.41, 5.74) is -1.14. The number of aliphatic hydroxyl groups excluding tert-OH is 2. The van der Waals surface area contributed by atoms with Gasteiger partial charge < -0.3 is 20.0 Å². The number of aliphatic hydroxyl groups is 2. The van der Waals surface area contributed by atoms with Crippen molar-refractivity contribution >= 4 is 23.9 Å². The number of benzene rings is 1. The molecule has 2 saturated heterocycles. The SMILES string of the molecule is CCC(C)(CC)N1C(=O)N(CC(O)CN2C(=O)N(CC(O)C(C)C)C(=O)C2(C)C)C(=O)C1c1ccccc1. The first-order valence-electron chi connectivity index (χ1n) is 13.4. The van der Waals surface area contributed by atoms with E-state index in [1.54, 1.807) is 32.6 Å². The molecule has 38 heavy (non-hydrogen) atoms. The fourth-order valence-electron chi connectivity index (χ4n) is 5.08. The van der Waals surface area contributed by atoms with Gasteiger partial charge in [-0.05, 0) is 45.1 Å². The van der Waals surface area contributed by atoms with Crippen LogP contribution in [0.4, 0.5) is 9.59 Å². The Kier molecular flexibility index (Phi) is 8.58. The van der Waals surface area contributed by atoms with Crippen LogP contribution in [0.5, 0.6) is 0 Å². The first-order chi connectivity index (χ1) is 17.7. The summed E-state index contributed by atoms with van der Waals surface area (Å²) < 4.78 is 0. The normalized spacial score (nSPS) is 21.8. The Morgan fingerprint density at radius 1 is 0.895 bits per heavy atom. The zero-order valence-corrected chi connectivity index (χ0v) is 23.5. The van der Waals surface area contributed by atoms with E-state index in [4.69, 9.17) is 0 Å². The van der Waals surface area contributed by atoms with E-state index < -0.39 is 53.2 Å². The molecule has 1 aromatic rings. The molecule has 2 N–H and O–H groups in total. The third kappa shape index (κ3) is 5.16. The number of imide groups is 2. The Bertz CT molecular complexity index is 1050. The summed E-state index contributed by atoms with van der Waals surface area (Å²) in [7, 11) is 0. The zero-order valence-electron chi connectivity index (χ0n) is 23.5. The number of rotatable bonds is 11. The first kappa shape index (κ1) is 29.6. The minimum atomic E-state index is -1.28. The van der Waals surface area contributed by atoms with E-state index in [-0.39, 0.29) is 25.6 Å². The predicted molar refractivity (Wildman–Crippen MR) is 142 cm³/mol. The lowest BCUT2D eigenvalue weighted by Gasteiger charge is -2.40. The standard InChI is InChI=1S/C28H42N4O6/c1-8-28(7,9-2)32-22(19-13-11-10-12-14-19)23(35)29(26(32)38)15-20(33)16-31-25(37)30(17-21(34)18(3)4)24(36)27(31,5)6/h10-14,18,20-22,33-34H,8-9,15-17H2,1-7H3. The Morgan fingerprint density at radius 3 is 2.00 bits per heavy atom. The van der Waals surface area contributed by atoms with Crippen LogP contribution >= 0.6 is 0 Å². The molecule has 0 aromatic heterocycles. The van der Waals surface area contributed by atoms with Crippen molar-refractivity contribution in [2.75, 3.05) is 19.6 Å². The lowest BCUT2D eigenvalue weighted by Crippen LogP contribution is -2.51. The Balaban J connectivity index is 1.83. The molecule has 0 spiro atoms. The molecule has 2 heterocycles. The summed E-state index contributed by atoms with van der Waals surface area (Å²) in [6.45, 7) is 11.9. The molecule has 0 saturated carbocycles. The molecule has 10 heteroatoms. The second-order valence-electron chi connectivity index (χ2n) is 11.5. The minimum absolute atomic E-state index is 0.144. The summed E-state index contributed by atoms with van der Waals surface area (Å²) in [6, 6.07) is 7.17. The molecule has 1 aromatic carbocycles. The van der Waals surface area contributed by atoms with E-state index in [9.17, 15) is 29.4 Å². The number of carbonyl (C=O) groups excluding carboxylic acids is 4. The Labute approximate surface area is 225 Å². The second kappa shape index (κ2) is 11.0. The number of amides is 6. The number of nitrogens with zero attached hydrogens (tertiary/aromatic N) is 4. The van der Waals surface area contributed by atoms with E-state index in [0.717, 1.165) is 9.80 Å². The van der Waals surface area contributed by atoms with Crippen molar-refractivity contribution in [3.8, 4) is 0 Å². The van der Waals surface area contributed by atoms with Crippen LogP contribution in [0, 0.1) is 5.92 Å². The molecule has 3 rings (SSSR count). The summed E-state index contributed by atoms with van der Waals surface area (Å²) in [5, 5.41) is 21.3. The molecular weight excluding hydrogens is 488 g/mol. The van der Waals surface area contributed by atoms with Crippen LogP contribution in [0.2, 0.25) is 0 Å². The highest BCUT2D eigenvalue weighted by molar-refractivity contribution is 6.07. The maximum atomic E-state index is 13.7. The molecular formula is C28H42N4O6. The van der Waals surface area contributed by atoms with Crippen molar-refractivity contribution in [2.24, 2.45) is 5.92 Å². The van der Waals surface area contributed by atoms with Crippen LogP contribution in [0.1, 0.15) is 72.9 Å². The molecule has 3 unspecified atom stereocenters.